The molecular weight excluding hydrogens is 1030 g/mol. The molecule has 11 rings (SSSR count). The molecule has 4 aromatic carbocycles. The number of rotatable bonds is 16. The van der Waals surface area contributed by atoms with Crippen LogP contribution in [0.4, 0.5) is 21.5 Å². The fraction of sp³-hybridized carbons (Fsp3) is 0.431. The van der Waals surface area contributed by atoms with E-state index < -0.39 is 48.4 Å². The molecule has 1 atom stereocenters. The minimum absolute atomic E-state index is 0.0656. The second-order valence-electron chi connectivity index (χ2n) is 22.5. The Morgan fingerprint density at radius 1 is 0.987 bits per heavy atom. The summed E-state index contributed by atoms with van der Waals surface area (Å²) in [5.74, 6) is -0.462. The highest BCUT2D eigenvalue weighted by Gasteiger charge is 2.50. The van der Waals surface area contributed by atoms with Crippen LogP contribution in [0.1, 0.15) is 111 Å². The Labute approximate surface area is 457 Å². The van der Waals surface area contributed by atoms with Crippen LogP contribution in [0.2, 0.25) is 0 Å². The van der Waals surface area contributed by atoms with Gasteiger partial charge in [-0.1, -0.05) is 50.2 Å². The number of sulfonamides is 1. The van der Waals surface area contributed by atoms with Crippen LogP contribution in [0.25, 0.3) is 21.3 Å². The number of benzene rings is 4. The molecule has 0 unspecified atom stereocenters. The maximum absolute atomic E-state index is 16.8. The highest BCUT2D eigenvalue weighted by atomic mass is 32.2. The fourth-order valence-electron chi connectivity index (χ4n) is 12.5. The number of nitrogens with one attached hydrogen (secondary N) is 3. The molecule has 2 saturated heterocycles. The number of nitrogens with zero attached hydrogens (tertiary/aromatic N) is 6. The van der Waals surface area contributed by atoms with Gasteiger partial charge in [0.1, 0.15) is 44.8 Å². The Hall–Kier alpha value is -6.71. The Bertz CT molecular complexity index is 3470. The first-order chi connectivity index (χ1) is 37.4. The highest BCUT2D eigenvalue weighted by Crippen LogP contribution is 2.54. The van der Waals surface area contributed by atoms with E-state index in [0.29, 0.717) is 68.3 Å². The standard InChI is InChI=1S/C58H66FN9O8S2/c1-36(2)43-7-5-6-8-44(43)49-34-65(33-38-9-11-41(75-4)12-10-38)23-24-67(49)40-29-58(30-40)18-21-66(22-19-58)47-27-50(76-42-25-39-15-20-60-55(39)62-32-42)45(26-46(47)59)56(69)64-78(73,74)51-28-48(68(71)72)52(54-53(51)63-35-77-54)61-31-37-13-16-57(3,70)17-14-37/h5-12,15,20,25-28,32,35-37,40,49,61,70H,13-14,16-19,21-24,29-31,33-34H2,1-4H3,(H,60,62)(H,64,69)/t37-,49-,57-/m0/s1. The second kappa shape index (κ2) is 21.5. The van der Waals surface area contributed by atoms with Crippen molar-refractivity contribution in [3.8, 4) is 17.2 Å². The number of piperazine rings is 1. The molecule has 4 N–H and O–H groups in total. The van der Waals surface area contributed by atoms with Crippen molar-refractivity contribution in [2.45, 2.75) is 107 Å². The number of thiazole rings is 1. The van der Waals surface area contributed by atoms with Crippen molar-refractivity contribution in [1.29, 1.82) is 0 Å². The third-order valence-electron chi connectivity index (χ3n) is 16.9. The lowest BCUT2D eigenvalue weighted by Gasteiger charge is -2.58. The summed E-state index contributed by atoms with van der Waals surface area (Å²) in [6.07, 6.45) is 9.55. The minimum atomic E-state index is -4.88. The summed E-state index contributed by atoms with van der Waals surface area (Å²) in [7, 11) is -3.19. The van der Waals surface area contributed by atoms with Crippen molar-refractivity contribution in [3.63, 3.8) is 0 Å². The SMILES string of the molecule is COc1ccc(CN2CCN(C3CC4(CCN(c5cc(Oc6cnc7[nH]ccc7c6)c(C(=O)NS(=O)(=O)c6cc([N+](=O)[O-])c(NC[C@H]7CC[C@](C)(O)CC7)c7scnc67)cc5F)CC4)C3)[C@H](c3ccccc3C(C)C)C2)cc1. The number of halogens is 1. The number of nitro benzene ring substituents is 1. The van der Waals surface area contributed by atoms with Gasteiger partial charge in [0.25, 0.3) is 21.6 Å². The predicted molar refractivity (Wildman–Crippen MR) is 300 cm³/mol. The third-order valence-corrected chi connectivity index (χ3v) is 19.1. The van der Waals surface area contributed by atoms with Crippen molar-refractivity contribution >= 4 is 65.6 Å². The lowest BCUT2D eigenvalue weighted by molar-refractivity contribution is -0.384. The maximum Gasteiger partial charge on any atom is 0.295 e. The number of carbonyl (C=O) groups is 1. The van der Waals surface area contributed by atoms with E-state index >= 15 is 4.39 Å². The molecule has 4 aliphatic rings. The normalized spacial score (nSPS) is 21.2. The van der Waals surface area contributed by atoms with Crippen molar-refractivity contribution in [2.75, 3.05) is 56.6 Å². The van der Waals surface area contributed by atoms with Gasteiger partial charge in [0, 0.05) is 81.6 Å². The number of hydrogen-bond acceptors (Lipinski definition) is 15. The predicted octanol–water partition coefficient (Wildman–Crippen LogP) is 10.9. The summed E-state index contributed by atoms with van der Waals surface area (Å²) in [5.41, 5.74) is 4.70. The van der Waals surface area contributed by atoms with Gasteiger partial charge in [0.05, 0.1) is 45.3 Å². The lowest BCUT2D eigenvalue weighted by Crippen LogP contribution is -2.60. The molecule has 5 heterocycles. The van der Waals surface area contributed by atoms with E-state index in [2.05, 4.69) is 85.0 Å². The van der Waals surface area contributed by atoms with Crippen LogP contribution < -0.4 is 24.4 Å². The highest BCUT2D eigenvalue weighted by molar-refractivity contribution is 7.90. The molecular formula is C58H66FN9O8S2. The van der Waals surface area contributed by atoms with Gasteiger partial charge in [-0.05, 0) is 123 Å². The number of amides is 1. The largest absolute Gasteiger partial charge is 0.497 e. The number of piperidine rings is 1. The molecule has 17 nitrogen and oxygen atoms in total. The molecule has 0 bridgehead atoms. The number of aromatic amines is 1. The molecule has 4 fully saturated rings. The van der Waals surface area contributed by atoms with Crippen LogP contribution in [0.15, 0.2) is 102 Å². The van der Waals surface area contributed by atoms with E-state index in [1.807, 2.05) is 17.0 Å². The minimum Gasteiger partial charge on any atom is -0.497 e. The molecule has 410 valence electrons. The second-order valence-corrected chi connectivity index (χ2v) is 25.0. The molecule has 7 aromatic rings. The molecule has 2 saturated carbocycles. The number of methoxy groups -OCH3 is 1. The molecule has 1 amide bonds. The summed E-state index contributed by atoms with van der Waals surface area (Å²) in [5, 5.41) is 26.9. The van der Waals surface area contributed by atoms with Gasteiger partial charge in [-0.2, -0.15) is 0 Å². The van der Waals surface area contributed by atoms with Crippen molar-refractivity contribution in [1.82, 2.24) is 29.5 Å². The first-order valence-electron chi connectivity index (χ1n) is 26.9. The number of fused-ring (bicyclic) bond motifs is 2. The van der Waals surface area contributed by atoms with E-state index in [-0.39, 0.29) is 50.5 Å². The number of anilines is 2. The van der Waals surface area contributed by atoms with E-state index in [4.69, 9.17) is 9.47 Å². The summed E-state index contributed by atoms with van der Waals surface area (Å²) in [6, 6.07) is 24.7. The van der Waals surface area contributed by atoms with Crippen molar-refractivity contribution in [2.24, 2.45) is 11.3 Å². The van der Waals surface area contributed by atoms with Crippen LogP contribution in [-0.4, -0.2) is 107 Å². The van der Waals surface area contributed by atoms with E-state index in [0.717, 1.165) is 81.1 Å². The van der Waals surface area contributed by atoms with E-state index in [9.17, 15) is 28.4 Å². The molecule has 78 heavy (non-hydrogen) atoms. The average Bonchev–Trinajstić information content (AvgIpc) is 4.26. The summed E-state index contributed by atoms with van der Waals surface area (Å²) in [6.45, 7) is 11.5. The van der Waals surface area contributed by atoms with Crippen molar-refractivity contribution < 1.29 is 37.1 Å². The van der Waals surface area contributed by atoms with Gasteiger partial charge in [-0.15, -0.1) is 11.3 Å². The van der Waals surface area contributed by atoms with Gasteiger partial charge < -0.3 is 29.8 Å². The number of ether oxygens (including phenoxy) is 2. The number of aliphatic hydroxyl groups is 1. The van der Waals surface area contributed by atoms with Crippen LogP contribution in [0.3, 0.4) is 0 Å². The monoisotopic (exact) mass is 1100 g/mol. The quantitative estimate of drug-likeness (QED) is 0.0524. The topological polar surface area (TPSA) is 208 Å². The molecule has 0 radical (unpaired) electrons. The summed E-state index contributed by atoms with van der Waals surface area (Å²) in [4.78, 5) is 44.7. The zero-order valence-electron chi connectivity index (χ0n) is 44.3. The van der Waals surface area contributed by atoms with Gasteiger partial charge in [0.2, 0.25) is 0 Å². The first-order valence-corrected chi connectivity index (χ1v) is 29.3. The van der Waals surface area contributed by atoms with Gasteiger partial charge in [-0.3, -0.25) is 24.7 Å². The van der Waals surface area contributed by atoms with Crippen molar-refractivity contribution in [3.05, 3.63) is 135 Å². The van der Waals surface area contributed by atoms with Gasteiger partial charge in [-0.25, -0.2) is 27.5 Å². The van der Waals surface area contributed by atoms with Gasteiger partial charge in [0.15, 0.2) is 0 Å². The number of hydrogen-bond donors (Lipinski definition) is 4. The van der Waals surface area contributed by atoms with Crippen LogP contribution in [0, 0.1) is 27.3 Å². The smallest absolute Gasteiger partial charge is 0.295 e. The number of carbonyl (C=O) groups excluding carboxylic acids is 1. The van der Waals surface area contributed by atoms with Gasteiger partial charge >= 0.3 is 0 Å². The zero-order chi connectivity index (χ0) is 54.5. The van der Waals surface area contributed by atoms with E-state index in [1.54, 1.807) is 32.4 Å². The molecule has 1 spiro atoms. The third kappa shape index (κ3) is 10.9. The summed E-state index contributed by atoms with van der Waals surface area (Å²) < 4.78 is 59.4. The number of H-pyrrole nitrogens is 1. The van der Waals surface area contributed by atoms with E-state index in [1.165, 1.54) is 34.5 Å². The Balaban J connectivity index is 0.817. The number of pyridine rings is 1. The Morgan fingerprint density at radius 3 is 2.47 bits per heavy atom. The molecule has 2 aliphatic heterocycles. The molecule has 20 heteroatoms. The summed E-state index contributed by atoms with van der Waals surface area (Å²) >= 11 is 1.03. The van der Waals surface area contributed by atoms with Crippen LogP contribution >= 0.6 is 11.3 Å². The number of nitro groups is 1. The molecule has 3 aromatic heterocycles. The lowest BCUT2D eigenvalue weighted by atomic mass is 9.59. The maximum atomic E-state index is 16.8. The zero-order valence-corrected chi connectivity index (χ0v) is 46.0. The average molecular weight is 1100 g/mol. The fourth-order valence-corrected chi connectivity index (χ4v) is 14.5. The molecule has 2 aliphatic carbocycles. The van der Waals surface area contributed by atoms with Crippen LogP contribution in [0.5, 0.6) is 17.2 Å². The Morgan fingerprint density at radius 2 is 1.74 bits per heavy atom. The van der Waals surface area contributed by atoms with Crippen LogP contribution in [-0.2, 0) is 16.6 Å². The number of aromatic nitrogens is 3. The first kappa shape index (κ1) is 53.3. The Kier molecular flexibility index (Phi) is 14.7.